The molecular formula is C32H24N6O10. The Morgan fingerprint density at radius 3 is 1.02 bits per heavy atom. The summed E-state index contributed by atoms with van der Waals surface area (Å²) in [6, 6.07) is 18.9. The number of nitrogens with one attached hydrogen (secondary N) is 3. The molecule has 0 bridgehead atoms. The average molecular weight is 653 g/mol. The second-order valence-corrected chi connectivity index (χ2v) is 9.56. The molecule has 1 heterocycles. The molecule has 242 valence electrons. The molecule has 16 nitrogen and oxygen atoms in total. The van der Waals surface area contributed by atoms with Gasteiger partial charge >= 0.3 is 29.8 Å². The predicted octanol–water partition coefficient (Wildman–Crippen LogP) is 4.31. The SMILES string of the molecule is O=C(O)/C=C/c1ccc(Nc2nc(Nc3ccc(C=C(C(=O)O)C(=O)O)cc3)nc(Nc3ccc(C=C(C(=O)O)C(=O)O)cc3)n2)cc1. The van der Waals surface area contributed by atoms with E-state index in [2.05, 4.69) is 30.9 Å². The van der Waals surface area contributed by atoms with Crippen LogP contribution in [-0.4, -0.2) is 70.3 Å². The highest BCUT2D eigenvalue weighted by atomic mass is 16.4. The third-order valence-corrected chi connectivity index (χ3v) is 6.10. The number of benzene rings is 3. The number of carbonyl (C=O) groups is 5. The molecule has 1 aromatic heterocycles. The van der Waals surface area contributed by atoms with Gasteiger partial charge in [-0.2, -0.15) is 15.0 Å². The highest BCUT2D eigenvalue weighted by molar-refractivity contribution is 6.16. The summed E-state index contributed by atoms with van der Waals surface area (Å²) in [5.74, 6) is -7.23. The number of hydrogen-bond donors (Lipinski definition) is 8. The Labute approximate surface area is 270 Å². The lowest BCUT2D eigenvalue weighted by atomic mass is 10.1. The molecule has 0 unspecified atom stereocenters. The van der Waals surface area contributed by atoms with Gasteiger partial charge in [0.15, 0.2) is 0 Å². The fourth-order valence-electron chi connectivity index (χ4n) is 3.86. The number of carboxylic acids is 5. The van der Waals surface area contributed by atoms with Gasteiger partial charge in [0.1, 0.15) is 11.1 Å². The average Bonchev–Trinajstić information content (AvgIpc) is 3.03. The van der Waals surface area contributed by atoms with E-state index in [1.54, 1.807) is 48.5 Å². The Morgan fingerprint density at radius 2 is 0.750 bits per heavy atom. The molecule has 3 aromatic carbocycles. The summed E-state index contributed by atoms with van der Waals surface area (Å²) in [5.41, 5.74) is 1.13. The lowest BCUT2D eigenvalue weighted by Gasteiger charge is -2.12. The molecule has 4 rings (SSSR count). The number of hydrogen-bond acceptors (Lipinski definition) is 11. The van der Waals surface area contributed by atoms with E-state index < -0.39 is 41.0 Å². The van der Waals surface area contributed by atoms with Gasteiger partial charge in [0.2, 0.25) is 17.8 Å². The van der Waals surface area contributed by atoms with Gasteiger partial charge in [-0.3, -0.25) is 0 Å². The zero-order valence-corrected chi connectivity index (χ0v) is 24.4. The van der Waals surface area contributed by atoms with Gasteiger partial charge in [0.25, 0.3) is 0 Å². The topological polar surface area (TPSA) is 261 Å². The van der Waals surface area contributed by atoms with Crippen molar-refractivity contribution in [3.63, 3.8) is 0 Å². The minimum atomic E-state index is -1.59. The molecule has 0 saturated carbocycles. The number of aliphatic carboxylic acids is 5. The smallest absolute Gasteiger partial charge is 0.343 e. The van der Waals surface area contributed by atoms with Crippen LogP contribution in [0.15, 0.2) is 90.0 Å². The largest absolute Gasteiger partial charge is 0.478 e. The predicted molar refractivity (Wildman–Crippen MR) is 172 cm³/mol. The molecule has 0 amide bonds. The van der Waals surface area contributed by atoms with Crippen LogP contribution in [-0.2, 0) is 24.0 Å². The summed E-state index contributed by atoms with van der Waals surface area (Å²) in [7, 11) is 0. The minimum absolute atomic E-state index is 0.0585. The highest BCUT2D eigenvalue weighted by Crippen LogP contribution is 2.23. The first-order chi connectivity index (χ1) is 22.9. The Balaban J connectivity index is 1.62. The van der Waals surface area contributed by atoms with Crippen LogP contribution in [0.4, 0.5) is 34.9 Å². The van der Waals surface area contributed by atoms with E-state index in [1.165, 1.54) is 30.3 Å². The molecule has 0 radical (unpaired) electrons. The van der Waals surface area contributed by atoms with Crippen molar-refractivity contribution in [3.05, 3.63) is 107 Å². The van der Waals surface area contributed by atoms with Crippen LogP contribution in [0.5, 0.6) is 0 Å². The molecule has 0 aliphatic heterocycles. The first-order valence-corrected chi connectivity index (χ1v) is 13.5. The molecule has 0 aliphatic rings. The summed E-state index contributed by atoms with van der Waals surface area (Å²) in [6.45, 7) is 0. The molecule has 0 atom stereocenters. The first-order valence-electron chi connectivity index (χ1n) is 13.5. The molecule has 8 N–H and O–H groups in total. The maximum atomic E-state index is 11.2. The number of nitrogens with zero attached hydrogens (tertiary/aromatic N) is 3. The molecule has 0 fully saturated rings. The van der Waals surface area contributed by atoms with Crippen LogP contribution < -0.4 is 16.0 Å². The van der Waals surface area contributed by atoms with Gasteiger partial charge in [-0.15, -0.1) is 0 Å². The van der Waals surface area contributed by atoms with E-state index >= 15 is 0 Å². The van der Waals surface area contributed by atoms with Crippen LogP contribution in [0.2, 0.25) is 0 Å². The molecule has 16 heteroatoms. The quantitative estimate of drug-likeness (QED) is 0.0536. The number of carboxylic acid groups (broad SMARTS) is 5. The Bertz CT molecular complexity index is 1830. The van der Waals surface area contributed by atoms with E-state index in [0.29, 0.717) is 33.8 Å². The summed E-state index contributed by atoms with van der Waals surface area (Å²) in [4.78, 5) is 68.7. The highest BCUT2D eigenvalue weighted by Gasteiger charge is 2.17. The molecule has 0 aliphatic carbocycles. The van der Waals surface area contributed by atoms with Crippen molar-refractivity contribution in [1.29, 1.82) is 0 Å². The van der Waals surface area contributed by atoms with Crippen molar-refractivity contribution in [3.8, 4) is 0 Å². The Kier molecular flexibility index (Phi) is 10.5. The van der Waals surface area contributed by atoms with Gasteiger partial charge < -0.3 is 41.5 Å². The minimum Gasteiger partial charge on any atom is -0.478 e. The molecule has 4 aromatic rings. The maximum absolute atomic E-state index is 11.2. The van der Waals surface area contributed by atoms with E-state index in [9.17, 15) is 24.0 Å². The maximum Gasteiger partial charge on any atom is 0.343 e. The van der Waals surface area contributed by atoms with E-state index in [-0.39, 0.29) is 17.8 Å². The summed E-state index contributed by atoms with van der Waals surface area (Å²) in [5, 5.41) is 54.2. The van der Waals surface area contributed by atoms with Gasteiger partial charge in [-0.25, -0.2) is 24.0 Å². The van der Waals surface area contributed by atoms with Crippen molar-refractivity contribution in [2.24, 2.45) is 0 Å². The third kappa shape index (κ3) is 9.57. The lowest BCUT2D eigenvalue weighted by molar-refractivity contribution is -0.142. The van der Waals surface area contributed by atoms with E-state index in [0.717, 1.165) is 18.2 Å². The fraction of sp³-hybridized carbons (Fsp3) is 0. The van der Waals surface area contributed by atoms with E-state index in [4.69, 9.17) is 25.5 Å². The zero-order valence-electron chi connectivity index (χ0n) is 24.4. The molecular weight excluding hydrogens is 628 g/mol. The summed E-state index contributed by atoms with van der Waals surface area (Å²) in [6.07, 6.45) is 4.45. The molecule has 48 heavy (non-hydrogen) atoms. The van der Waals surface area contributed by atoms with Crippen LogP contribution >= 0.6 is 0 Å². The van der Waals surface area contributed by atoms with Gasteiger partial charge in [-0.1, -0.05) is 36.4 Å². The second-order valence-electron chi connectivity index (χ2n) is 9.56. The van der Waals surface area contributed by atoms with Crippen molar-refractivity contribution < 1.29 is 49.5 Å². The first kappa shape index (κ1) is 33.5. The van der Waals surface area contributed by atoms with Crippen molar-refractivity contribution in [1.82, 2.24) is 15.0 Å². The number of rotatable bonds is 14. The van der Waals surface area contributed by atoms with Crippen molar-refractivity contribution >= 4 is 83.0 Å². The van der Waals surface area contributed by atoms with Crippen LogP contribution in [0.3, 0.4) is 0 Å². The normalized spacial score (nSPS) is 10.4. The lowest BCUT2D eigenvalue weighted by Crippen LogP contribution is -2.10. The Morgan fingerprint density at radius 1 is 0.458 bits per heavy atom. The number of anilines is 6. The fourth-order valence-corrected chi connectivity index (χ4v) is 3.86. The van der Waals surface area contributed by atoms with Crippen LogP contribution in [0.1, 0.15) is 16.7 Å². The van der Waals surface area contributed by atoms with Gasteiger partial charge in [0.05, 0.1) is 0 Å². The van der Waals surface area contributed by atoms with Gasteiger partial charge in [-0.05, 0) is 71.3 Å². The third-order valence-electron chi connectivity index (χ3n) is 6.10. The summed E-state index contributed by atoms with van der Waals surface area (Å²) >= 11 is 0. The monoisotopic (exact) mass is 652 g/mol. The standard InChI is InChI=1S/C32H24N6O10/c39-25(40)14-7-17-1-8-20(9-2-17)33-30-36-31(34-21-10-3-18(4-11-21)15-23(26(41)42)27(43)44)38-32(37-30)35-22-12-5-19(6-13-22)16-24(28(45)46)29(47)48/h1-16H,(H,39,40)(H,41,42)(H,43,44)(H,45,46)(H,47,48)(H3,33,34,35,36,37,38)/b14-7+. The van der Waals surface area contributed by atoms with Crippen LogP contribution in [0, 0.1) is 0 Å². The molecule has 0 saturated heterocycles. The second kappa shape index (κ2) is 15.1. The van der Waals surface area contributed by atoms with E-state index in [1.807, 2.05) is 0 Å². The Hall–Kier alpha value is -7.36. The van der Waals surface area contributed by atoms with Crippen molar-refractivity contribution in [2.45, 2.75) is 0 Å². The summed E-state index contributed by atoms with van der Waals surface area (Å²) < 4.78 is 0. The number of aromatic nitrogens is 3. The van der Waals surface area contributed by atoms with Crippen LogP contribution in [0.25, 0.3) is 18.2 Å². The zero-order chi connectivity index (χ0) is 34.8. The molecule has 0 spiro atoms. The van der Waals surface area contributed by atoms with Gasteiger partial charge in [0, 0.05) is 23.1 Å². The van der Waals surface area contributed by atoms with Crippen molar-refractivity contribution in [2.75, 3.05) is 16.0 Å².